The topological polar surface area (TPSA) is 28.7 Å². The number of nitrogens with zero attached hydrogens (tertiary/aromatic N) is 1. The summed E-state index contributed by atoms with van der Waals surface area (Å²) in [4.78, 5) is 8.01. The molecular formula is C19H12N2. The van der Waals surface area contributed by atoms with Gasteiger partial charge in [0.15, 0.2) is 0 Å². The average Bonchev–Trinajstić information content (AvgIpc) is 2.93. The molecule has 2 heterocycles. The van der Waals surface area contributed by atoms with Crippen molar-refractivity contribution in [2.45, 2.75) is 0 Å². The lowest BCUT2D eigenvalue weighted by atomic mass is 10.0. The van der Waals surface area contributed by atoms with Gasteiger partial charge < -0.3 is 4.98 Å². The second kappa shape index (κ2) is 3.83. The minimum atomic E-state index is 1.04. The molecule has 1 N–H and O–H groups in total. The van der Waals surface area contributed by atoms with E-state index in [0.717, 1.165) is 5.52 Å². The van der Waals surface area contributed by atoms with Crippen molar-refractivity contribution in [1.29, 1.82) is 0 Å². The summed E-state index contributed by atoms with van der Waals surface area (Å²) < 4.78 is 0. The number of fused-ring (bicyclic) bond motifs is 7. The number of H-pyrrole nitrogens is 1. The third kappa shape index (κ3) is 1.39. The van der Waals surface area contributed by atoms with E-state index < -0.39 is 0 Å². The normalized spacial score (nSPS) is 11.8. The summed E-state index contributed by atoms with van der Waals surface area (Å²) in [5.74, 6) is 0. The summed E-state index contributed by atoms with van der Waals surface area (Å²) in [5, 5.41) is 6.27. The summed E-state index contributed by atoms with van der Waals surface area (Å²) >= 11 is 0. The predicted molar refractivity (Wildman–Crippen MR) is 88.6 cm³/mol. The zero-order valence-corrected chi connectivity index (χ0v) is 11.3. The molecule has 0 bridgehead atoms. The molecule has 3 aromatic carbocycles. The number of hydrogen-bond donors (Lipinski definition) is 1. The van der Waals surface area contributed by atoms with Gasteiger partial charge in [-0.2, -0.15) is 0 Å². The minimum absolute atomic E-state index is 1.04. The third-order valence-corrected chi connectivity index (χ3v) is 4.26. The molecule has 0 unspecified atom stereocenters. The lowest BCUT2D eigenvalue weighted by molar-refractivity contribution is 1.42. The van der Waals surface area contributed by atoms with Crippen molar-refractivity contribution < 1.29 is 0 Å². The van der Waals surface area contributed by atoms with Gasteiger partial charge in [-0.15, -0.1) is 0 Å². The van der Waals surface area contributed by atoms with Crippen LogP contribution in [0.3, 0.4) is 0 Å². The maximum absolute atomic E-state index is 4.44. The zero-order valence-electron chi connectivity index (χ0n) is 11.3. The van der Waals surface area contributed by atoms with Gasteiger partial charge in [-0.1, -0.05) is 42.5 Å². The summed E-state index contributed by atoms with van der Waals surface area (Å²) in [5.41, 5.74) is 3.44. The summed E-state index contributed by atoms with van der Waals surface area (Å²) in [7, 11) is 0. The molecule has 5 rings (SSSR count). The van der Waals surface area contributed by atoms with E-state index in [4.69, 9.17) is 0 Å². The molecule has 2 nitrogen and oxygen atoms in total. The van der Waals surface area contributed by atoms with Crippen LogP contribution in [0.25, 0.3) is 43.5 Å². The van der Waals surface area contributed by atoms with Gasteiger partial charge in [-0.05, 0) is 23.6 Å². The van der Waals surface area contributed by atoms with E-state index in [1.165, 1.54) is 38.0 Å². The van der Waals surface area contributed by atoms with Crippen LogP contribution in [0.15, 0.2) is 66.9 Å². The SMILES string of the molecule is c1ccc2c(c1)[nH]c1c2ccc2c3cccnc3ccc21. The standard InChI is InChI=1S/C19H12N2/c1-2-6-18-14(4-1)16-8-7-12-13-5-3-11-20-17(13)10-9-15(12)19(16)21-18/h1-11,21H. The molecule has 5 aromatic rings. The zero-order chi connectivity index (χ0) is 13.8. The molecule has 0 amide bonds. The van der Waals surface area contributed by atoms with Crippen LogP contribution < -0.4 is 0 Å². The Kier molecular flexibility index (Phi) is 1.98. The summed E-state index contributed by atoms with van der Waals surface area (Å²) in [6.45, 7) is 0. The van der Waals surface area contributed by atoms with Gasteiger partial charge in [0.05, 0.1) is 11.0 Å². The van der Waals surface area contributed by atoms with Crippen LogP contribution in [-0.4, -0.2) is 9.97 Å². The van der Waals surface area contributed by atoms with Gasteiger partial charge in [0, 0.05) is 33.3 Å². The second-order valence-electron chi connectivity index (χ2n) is 5.39. The molecule has 0 saturated carbocycles. The molecule has 2 heteroatoms. The van der Waals surface area contributed by atoms with Crippen LogP contribution in [0.5, 0.6) is 0 Å². The number of aromatic nitrogens is 2. The van der Waals surface area contributed by atoms with Gasteiger partial charge in [-0.25, -0.2) is 0 Å². The lowest BCUT2D eigenvalue weighted by Crippen LogP contribution is -1.81. The first-order valence-electron chi connectivity index (χ1n) is 7.09. The molecule has 0 aliphatic heterocycles. The molecule has 0 aliphatic rings. The van der Waals surface area contributed by atoms with E-state index in [9.17, 15) is 0 Å². The highest BCUT2D eigenvalue weighted by molar-refractivity contribution is 6.21. The molecule has 0 aliphatic carbocycles. The van der Waals surface area contributed by atoms with Crippen LogP contribution in [-0.2, 0) is 0 Å². The van der Waals surface area contributed by atoms with Gasteiger partial charge in [0.25, 0.3) is 0 Å². The van der Waals surface area contributed by atoms with Crippen molar-refractivity contribution in [2.24, 2.45) is 0 Å². The van der Waals surface area contributed by atoms with Crippen LogP contribution in [0.4, 0.5) is 0 Å². The quantitative estimate of drug-likeness (QED) is 0.392. The van der Waals surface area contributed by atoms with Crippen LogP contribution in [0, 0.1) is 0 Å². The molecule has 0 spiro atoms. The Labute approximate surface area is 121 Å². The number of benzene rings is 3. The summed E-state index contributed by atoms with van der Waals surface area (Å²) in [6.07, 6.45) is 1.84. The Hall–Kier alpha value is -2.87. The van der Waals surface area contributed by atoms with Gasteiger partial charge >= 0.3 is 0 Å². The second-order valence-corrected chi connectivity index (χ2v) is 5.39. The van der Waals surface area contributed by atoms with E-state index in [2.05, 4.69) is 64.6 Å². The highest BCUT2D eigenvalue weighted by atomic mass is 14.7. The Morgan fingerprint density at radius 3 is 2.38 bits per heavy atom. The number of para-hydroxylation sites is 1. The Morgan fingerprint density at radius 1 is 0.619 bits per heavy atom. The molecule has 2 aromatic heterocycles. The Balaban J connectivity index is 2.07. The fourth-order valence-electron chi connectivity index (χ4n) is 3.29. The van der Waals surface area contributed by atoms with Crippen LogP contribution in [0.1, 0.15) is 0 Å². The maximum Gasteiger partial charge on any atom is 0.0708 e. The van der Waals surface area contributed by atoms with E-state index in [1.54, 1.807) is 0 Å². The van der Waals surface area contributed by atoms with Gasteiger partial charge in [0.1, 0.15) is 0 Å². The highest BCUT2D eigenvalue weighted by Crippen LogP contribution is 2.33. The molecule has 0 radical (unpaired) electrons. The van der Waals surface area contributed by atoms with Crippen molar-refractivity contribution in [2.75, 3.05) is 0 Å². The average molecular weight is 268 g/mol. The number of rotatable bonds is 0. The van der Waals surface area contributed by atoms with Crippen molar-refractivity contribution in [1.82, 2.24) is 9.97 Å². The molecule has 21 heavy (non-hydrogen) atoms. The molecule has 0 saturated heterocycles. The minimum Gasteiger partial charge on any atom is -0.354 e. The van der Waals surface area contributed by atoms with E-state index in [0.29, 0.717) is 0 Å². The van der Waals surface area contributed by atoms with E-state index in [1.807, 2.05) is 12.3 Å². The van der Waals surface area contributed by atoms with Gasteiger partial charge in [-0.3, -0.25) is 4.98 Å². The maximum atomic E-state index is 4.44. The van der Waals surface area contributed by atoms with Crippen molar-refractivity contribution in [3.63, 3.8) is 0 Å². The monoisotopic (exact) mass is 268 g/mol. The van der Waals surface area contributed by atoms with Gasteiger partial charge in [0.2, 0.25) is 0 Å². The van der Waals surface area contributed by atoms with E-state index in [-0.39, 0.29) is 0 Å². The summed E-state index contributed by atoms with van der Waals surface area (Å²) in [6, 6.07) is 21.3. The third-order valence-electron chi connectivity index (χ3n) is 4.26. The molecule has 98 valence electrons. The first kappa shape index (κ1) is 10.9. The fourth-order valence-corrected chi connectivity index (χ4v) is 3.29. The number of aromatic amines is 1. The molecular weight excluding hydrogens is 256 g/mol. The van der Waals surface area contributed by atoms with E-state index >= 15 is 0 Å². The molecule has 0 fully saturated rings. The van der Waals surface area contributed by atoms with Crippen molar-refractivity contribution >= 4 is 43.5 Å². The van der Waals surface area contributed by atoms with Crippen molar-refractivity contribution in [3.8, 4) is 0 Å². The Bertz CT molecular complexity index is 1140. The molecule has 0 atom stereocenters. The smallest absolute Gasteiger partial charge is 0.0708 e. The first-order valence-corrected chi connectivity index (χ1v) is 7.09. The largest absolute Gasteiger partial charge is 0.354 e. The fraction of sp³-hybridized carbons (Fsp3) is 0. The number of pyridine rings is 1. The first-order chi connectivity index (χ1) is 10.4. The highest BCUT2D eigenvalue weighted by Gasteiger charge is 2.09. The van der Waals surface area contributed by atoms with Crippen molar-refractivity contribution in [3.05, 3.63) is 66.9 Å². The predicted octanol–water partition coefficient (Wildman–Crippen LogP) is 5.02. The lowest BCUT2D eigenvalue weighted by Gasteiger charge is -2.04. The van der Waals surface area contributed by atoms with Crippen LogP contribution >= 0.6 is 0 Å². The number of nitrogens with one attached hydrogen (secondary N) is 1. The Morgan fingerprint density at radius 2 is 1.38 bits per heavy atom. The number of hydrogen-bond acceptors (Lipinski definition) is 1. The van der Waals surface area contributed by atoms with Crippen LogP contribution in [0.2, 0.25) is 0 Å².